The van der Waals surface area contributed by atoms with E-state index in [1.807, 2.05) is 37.3 Å². The summed E-state index contributed by atoms with van der Waals surface area (Å²) in [6.07, 6.45) is 1.44. The molecule has 1 heterocycles. The molecule has 1 aromatic heterocycles. The molecule has 0 bridgehead atoms. The highest BCUT2D eigenvalue weighted by Gasteiger charge is 2.07. The molecule has 0 unspecified atom stereocenters. The number of aromatic nitrogens is 1. The minimum absolute atomic E-state index is 0.293. The van der Waals surface area contributed by atoms with Gasteiger partial charge in [0, 0.05) is 6.07 Å². The van der Waals surface area contributed by atoms with Crippen molar-refractivity contribution >= 4 is 0 Å². The smallest absolute Gasteiger partial charge is 0.385 e. The molecule has 0 spiro atoms. The van der Waals surface area contributed by atoms with Crippen molar-refractivity contribution in [2.24, 2.45) is 0 Å². The van der Waals surface area contributed by atoms with Crippen molar-refractivity contribution in [3.05, 3.63) is 59.4 Å². The number of nitrogens with zero attached hydrogens (tertiary/aromatic N) is 1. The minimum Gasteiger partial charge on any atom is -0.616 e. The van der Waals surface area contributed by atoms with Crippen LogP contribution in [0.2, 0.25) is 0 Å². The standard InChI is InChI=1S/C12H11NO2/c1-10-7-8-13(14)12(9-10)15-11-5-3-2-4-6-11/h2-9H,1H3. The van der Waals surface area contributed by atoms with Gasteiger partial charge in [0.15, 0.2) is 6.20 Å². The first-order valence-corrected chi connectivity index (χ1v) is 4.68. The molecule has 0 atom stereocenters. The summed E-state index contributed by atoms with van der Waals surface area (Å²) in [6.45, 7) is 1.91. The van der Waals surface area contributed by atoms with Gasteiger partial charge in [0.2, 0.25) is 0 Å². The van der Waals surface area contributed by atoms with Crippen LogP contribution in [-0.2, 0) is 0 Å². The Hall–Kier alpha value is -2.03. The van der Waals surface area contributed by atoms with Crippen molar-refractivity contribution in [2.75, 3.05) is 0 Å². The molecule has 3 heteroatoms. The lowest BCUT2D eigenvalue weighted by molar-refractivity contribution is -0.611. The average molecular weight is 201 g/mol. The summed E-state index contributed by atoms with van der Waals surface area (Å²) in [4.78, 5) is 0. The highest BCUT2D eigenvalue weighted by molar-refractivity contribution is 5.26. The van der Waals surface area contributed by atoms with E-state index >= 15 is 0 Å². The molecule has 2 rings (SSSR count). The quantitative estimate of drug-likeness (QED) is 0.552. The van der Waals surface area contributed by atoms with E-state index in [1.54, 1.807) is 12.1 Å². The first-order valence-electron chi connectivity index (χ1n) is 4.68. The fraction of sp³-hybridized carbons (Fsp3) is 0.0833. The Morgan fingerprint density at radius 2 is 1.87 bits per heavy atom. The first kappa shape index (κ1) is 9.52. The maximum absolute atomic E-state index is 11.4. The summed E-state index contributed by atoms with van der Waals surface area (Å²) in [5.74, 6) is 0.953. The maximum Gasteiger partial charge on any atom is 0.385 e. The molecular formula is C12H11NO2. The highest BCUT2D eigenvalue weighted by atomic mass is 16.6. The molecular weight excluding hydrogens is 190 g/mol. The van der Waals surface area contributed by atoms with Gasteiger partial charge in [-0.25, -0.2) is 0 Å². The van der Waals surface area contributed by atoms with Gasteiger partial charge in [-0.2, -0.15) is 0 Å². The fourth-order valence-electron chi connectivity index (χ4n) is 1.25. The first-order chi connectivity index (χ1) is 7.25. The Labute approximate surface area is 88.1 Å². The van der Waals surface area contributed by atoms with Crippen LogP contribution in [0.3, 0.4) is 0 Å². The predicted molar refractivity (Wildman–Crippen MR) is 56.7 cm³/mol. The van der Waals surface area contributed by atoms with Crippen LogP contribution < -0.4 is 9.47 Å². The maximum atomic E-state index is 11.4. The van der Waals surface area contributed by atoms with Crippen LogP contribution in [0.15, 0.2) is 48.7 Å². The molecule has 0 saturated carbocycles. The molecule has 0 aliphatic carbocycles. The number of ether oxygens (including phenoxy) is 1. The third-order valence-electron chi connectivity index (χ3n) is 2.01. The lowest BCUT2D eigenvalue weighted by Crippen LogP contribution is -2.27. The van der Waals surface area contributed by atoms with Crippen LogP contribution in [-0.4, -0.2) is 0 Å². The Kier molecular flexibility index (Phi) is 2.54. The summed E-state index contributed by atoms with van der Waals surface area (Å²) >= 11 is 0. The Bertz CT molecular complexity index is 454. The summed E-state index contributed by atoms with van der Waals surface area (Å²) in [7, 11) is 0. The van der Waals surface area contributed by atoms with Gasteiger partial charge in [0.1, 0.15) is 5.75 Å². The van der Waals surface area contributed by atoms with E-state index in [4.69, 9.17) is 4.74 Å². The topological polar surface area (TPSA) is 36.2 Å². The van der Waals surface area contributed by atoms with E-state index in [0.717, 1.165) is 5.56 Å². The van der Waals surface area contributed by atoms with E-state index in [9.17, 15) is 5.21 Å². The molecule has 0 saturated heterocycles. The molecule has 0 radical (unpaired) electrons. The van der Waals surface area contributed by atoms with E-state index in [0.29, 0.717) is 16.4 Å². The van der Waals surface area contributed by atoms with Crippen molar-refractivity contribution < 1.29 is 9.47 Å². The minimum atomic E-state index is 0.293. The van der Waals surface area contributed by atoms with Crippen molar-refractivity contribution in [1.29, 1.82) is 0 Å². The van der Waals surface area contributed by atoms with Crippen molar-refractivity contribution in [3.8, 4) is 11.6 Å². The van der Waals surface area contributed by atoms with E-state index < -0.39 is 0 Å². The number of benzene rings is 1. The molecule has 0 amide bonds. The second-order valence-electron chi connectivity index (χ2n) is 3.28. The molecule has 15 heavy (non-hydrogen) atoms. The molecule has 2 aromatic rings. The Morgan fingerprint density at radius 3 is 2.60 bits per heavy atom. The lowest BCUT2D eigenvalue weighted by Gasteiger charge is -2.05. The number of aryl methyl sites for hydroxylation is 1. The normalized spacial score (nSPS) is 9.93. The zero-order chi connectivity index (χ0) is 10.7. The number of hydrogen-bond donors (Lipinski definition) is 0. The van der Waals surface area contributed by atoms with Gasteiger partial charge in [-0.05, 0) is 24.6 Å². The summed E-state index contributed by atoms with van der Waals surface area (Å²) in [5.41, 5.74) is 0.994. The zero-order valence-electron chi connectivity index (χ0n) is 8.38. The summed E-state index contributed by atoms with van der Waals surface area (Å²) in [5, 5.41) is 11.4. The molecule has 0 aliphatic rings. The van der Waals surface area contributed by atoms with Gasteiger partial charge in [-0.15, -0.1) is 4.73 Å². The van der Waals surface area contributed by atoms with Gasteiger partial charge >= 0.3 is 5.88 Å². The third kappa shape index (κ3) is 2.26. The molecule has 76 valence electrons. The van der Waals surface area contributed by atoms with Crippen molar-refractivity contribution in [3.63, 3.8) is 0 Å². The van der Waals surface area contributed by atoms with Gasteiger partial charge in [0.05, 0.1) is 6.07 Å². The van der Waals surface area contributed by atoms with Crippen LogP contribution in [0.25, 0.3) is 0 Å². The van der Waals surface area contributed by atoms with E-state index in [-0.39, 0.29) is 0 Å². The predicted octanol–water partition coefficient (Wildman–Crippen LogP) is 2.42. The van der Waals surface area contributed by atoms with Gasteiger partial charge < -0.3 is 9.94 Å². The number of hydrogen-bond acceptors (Lipinski definition) is 2. The molecule has 0 N–H and O–H groups in total. The van der Waals surface area contributed by atoms with Crippen LogP contribution in [0, 0.1) is 12.1 Å². The van der Waals surface area contributed by atoms with Crippen molar-refractivity contribution in [2.45, 2.75) is 6.92 Å². The molecule has 1 aromatic carbocycles. The van der Waals surface area contributed by atoms with E-state index in [1.165, 1.54) is 6.20 Å². The number of pyridine rings is 1. The second kappa shape index (κ2) is 4.00. The van der Waals surface area contributed by atoms with Gasteiger partial charge in [-0.3, -0.25) is 0 Å². The number of rotatable bonds is 2. The van der Waals surface area contributed by atoms with Crippen molar-refractivity contribution in [1.82, 2.24) is 0 Å². The summed E-state index contributed by atoms with van der Waals surface area (Å²) < 4.78 is 6.15. The van der Waals surface area contributed by atoms with Crippen LogP contribution >= 0.6 is 0 Å². The van der Waals surface area contributed by atoms with E-state index in [2.05, 4.69) is 0 Å². The SMILES string of the molecule is Cc1cc[n+]([O-])c(Oc2ccccc2)c1. The summed E-state index contributed by atoms with van der Waals surface area (Å²) in [6, 6.07) is 12.7. The Morgan fingerprint density at radius 1 is 1.13 bits per heavy atom. The lowest BCUT2D eigenvalue weighted by atomic mass is 10.3. The fourth-order valence-corrected chi connectivity index (χ4v) is 1.25. The Balaban J connectivity index is 2.28. The van der Waals surface area contributed by atoms with Gasteiger partial charge in [0.25, 0.3) is 0 Å². The second-order valence-corrected chi connectivity index (χ2v) is 3.28. The molecule has 3 nitrogen and oxygen atoms in total. The number of para-hydroxylation sites is 1. The molecule has 0 aliphatic heterocycles. The largest absolute Gasteiger partial charge is 0.616 e. The van der Waals surface area contributed by atoms with Gasteiger partial charge in [-0.1, -0.05) is 18.2 Å². The monoisotopic (exact) mass is 201 g/mol. The molecule has 0 fully saturated rings. The van der Waals surface area contributed by atoms with Crippen LogP contribution in [0.4, 0.5) is 0 Å². The van der Waals surface area contributed by atoms with Crippen LogP contribution in [0.1, 0.15) is 5.56 Å². The zero-order valence-corrected chi connectivity index (χ0v) is 8.38. The third-order valence-corrected chi connectivity index (χ3v) is 2.01. The average Bonchev–Trinajstić information content (AvgIpc) is 2.25. The highest BCUT2D eigenvalue weighted by Crippen LogP contribution is 2.17. The van der Waals surface area contributed by atoms with Crippen LogP contribution in [0.5, 0.6) is 11.6 Å².